The standard InChI is InChI=1S/C17H21N3O3S/c1-18(12-14-4-3-11-24-14)16(21)13-19-6-8-20(9-7-19)17(22)15-5-2-10-23-15/h2-5,10-11H,6-9,12-13H2,1H3. The molecule has 1 fully saturated rings. The van der Waals surface area contributed by atoms with Crippen LogP contribution in [0.15, 0.2) is 40.3 Å². The summed E-state index contributed by atoms with van der Waals surface area (Å²) in [6.07, 6.45) is 1.51. The number of piperazine rings is 1. The molecule has 2 amide bonds. The smallest absolute Gasteiger partial charge is 0.289 e. The zero-order chi connectivity index (χ0) is 16.9. The third-order valence-corrected chi connectivity index (χ3v) is 5.01. The average Bonchev–Trinajstić information content (AvgIpc) is 3.28. The van der Waals surface area contributed by atoms with Gasteiger partial charge in [0.05, 0.1) is 19.4 Å². The lowest BCUT2D eigenvalue weighted by Gasteiger charge is -2.34. The van der Waals surface area contributed by atoms with Gasteiger partial charge in [-0.15, -0.1) is 11.3 Å². The van der Waals surface area contributed by atoms with Crippen molar-refractivity contribution >= 4 is 23.2 Å². The molecule has 1 aliphatic heterocycles. The van der Waals surface area contributed by atoms with Crippen LogP contribution in [0.5, 0.6) is 0 Å². The molecular formula is C17H21N3O3S. The van der Waals surface area contributed by atoms with E-state index in [1.54, 1.807) is 33.3 Å². The van der Waals surface area contributed by atoms with E-state index in [9.17, 15) is 9.59 Å². The van der Waals surface area contributed by atoms with Crippen LogP contribution in [0, 0.1) is 0 Å². The molecule has 2 aromatic heterocycles. The lowest BCUT2D eigenvalue weighted by molar-refractivity contribution is -0.131. The van der Waals surface area contributed by atoms with Crippen molar-refractivity contribution in [2.75, 3.05) is 39.8 Å². The maximum absolute atomic E-state index is 12.3. The van der Waals surface area contributed by atoms with Crippen molar-refractivity contribution in [2.24, 2.45) is 0 Å². The van der Waals surface area contributed by atoms with Gasteiger partial charge in [0.1, 0.15) is 0 Å². The van der Waals surface area contributed by atoms with Gasteiger partial charge in [0, 0.05) is 38.1 Å². The Morgan fingerprint density at radius 1 is 1.21 bits per heavy atom. The van der Waals surface area contributed by atoms with E-state index in [2.05, 4.69) is 4.90 Å². The van der Waals surface area contributed by atoms with E-state index in [-0.39, 0.29) is 11.8 Å². The lowest BCUT2D eigenvalue weighted by atomic mass is 10.2. The third-order valence-electron chi connectivity index (χ3n) is 4.15. The minimum absolute atomic E-state index is 0.0826. The Kier molecular flexibility index (Phi) is 5.32. The van der Waals surface area contributed by atoms with Crippen molar-refractivity contribution in [2.45, 2.75) is 6.54 Å². The number of likely N-dealkylation sites (N-methyl/N-ethyl adjacent to an activating group) is 1. The molecule has 0 atom stereocenters. The van der Waals surface area contributed by atoms with Crippen LogP contribution in [0.25, 0.3) is 0 Å². The Labute approximate surface area is 145 Å². The first-order valence-corrected chi connectivity index (χ1v) is 8.83. The summed E-state index contributed by atoms with van der Waals surface area (Å²) in [4.78, 5) is 31.4. The van der Waals surface area contributed by atoms with Gasteiger partial charge in [0.25, 0.3) is 5.91 Å². The van der Waals surface area contributed by atoms with Crippen LogP contribution in [-0.4, -0.2) is 66.3 Å². The van der Waals surface area contributed by atoms with Gasteiger partial charge in [-0.2, -0.15) is 0 Å². The Bertz CT molecular complexity index is 661. The highest BCUT2D eigenvalue weighted by Crippen LogP contribution is 2.12. The zero-order valence-corrected chi connectivity index (χ0v) is 14.5. The highest BCUT2D eigenvalue weighted by molar-refractivity contribution is 7.09. The van der Waals surface area contributed by atoms with Crippen LogP contribution in [0.2, 0.25) is 0 Å². The Hall–Kier alpha value is -2.12. The Morgan fingerprint density at radius 3 is 2.62 bits per heavy atom. The molecule has 0 aromatic carbocycles. The minimum Gasteiger partial charge on any atom is -0.459 e. The fraction of sp³-hybridized carbons (Fsp3) is 0.412. The third kappa shape index (κ3) is 4.04. The summed E-state index contributed by atoms with van der Waals surface area (Å²) >= 11 is 1.66. The second-order valence-corrected chi connectivity index (χ2v) is 6.91. The second-order valence-electron chi connectivity index (χ2n) is 5.87. The molecule has 3 rings (SSSR count). The molecule has 0 radical (unpaired) electrons. The maximum Gasteiger partial charge on any atom is 0.289 e. The van der Waals surface area contributed by atoms with Gasteiger partial charge in [-0.25, -0.2) is 0 Å². The summed E-state index contributed by atoms with van der Waals surface area (Å²) in [6, 6.07) is 7.42. The fourth-order valence-electron chi connectivity index (χ4n) is 2.70. The molecule has 0 bridgehead atoms. The van der Waals surface area contributed by atoms with Crippen molar-refractivity contribution in [1.82, 2.24) is 14.7 Å². The van der Waals surface area contributed by atoms with E-state index >= 15 is 0 Å². The van der Waals surface area contributed by atoms with E-state index < -0.39 is 0 Å². The van der Waals surface area contributed by atoms with E-state index in [4.69, 9.17) is 4.42 Å². The highest BCUT2D eigenvalue weighted by atomic mass is 32.1. The number of hydrogen-bond acceptors (Lipinski definition) is 5. The van der Waals surface area contributed by atoms with Crippen LogP contribution >= 0.6 is 11.3 Å². The van der Waals surface area contributed by atoms with Crippen LogP contribution < -0.4 is 0 Å². The number of carbonyl (C=O) groups is 2. The topological polar surface area (TPSA) is 57.0 Å². The van der Waals surface area contributed by atoms with Crippen molar-refractivity contribution < 1.29 is 14.0 Å². The normalized spacial score (nSPS) is 15.5. The van der Waals surface area contributed by atoms with Gasteiger partial charge in [-0.1, -0.05) is 6.07 Å². The predicted octanol–water partition coefficient (Wildman–Crippen LogP) is 1.76. The van der Waals surface area contributed by atoms with Gasteiger partial charge >= 0.3 is 0 Å². The van der Waals surface area contributed by atoms with E-state index in [1.165, 1.54) is 11.1 Å². The summed E-state index contributed by atoms with van der Waals surface area (Å²) in [5, 5.41) is 2.02. The molecule has 6 nitrogen and oxygen atoms in total. The molecule has 1 aliphatic rings. The summed E-state index contributed by atoms with van der Waals surface area (Å²) < 4.78 is 5.16. The second kappa shape index (κ2) is 7.63. The van der Waals surface area contributed by atoms with Crippen LogP contribution in [0.4, 0.5) is 0 Å². The minimum atomic E-state index is -0.0826. The first kappa shape index (κ1) is 16.7. The van der Waals surface area contributed by atoms with E-state index in [0.717, 1.165) is 0 Å². The summed E-state index contributed by atoms with van der Waals surface area (Å²) in [6.45, 7) is 3.66. The van der Waals surface area contributed by atoms with Gasteiger partial charge in [0.2, 0.25) is 5.91 Å². The quantitative estimate of drug-likeness (QED) is 0.827. The zero-order valence-electron chi connectivity index (χ0n) is 13.7. The number of nitrogens with zero attached hydrogens (tertiary/aromatic N) is 3. The number of furan rings is 1. The van der Waals surface area contributed by atoms with E-state index in [0.29, 0.717) is 45.0 Å². The molecule has 7 heteroatoms. The Balaban J connectivity index is 1.45. The number of amides is 2. The first-order chi connectivity index (χ1) is 11.6. The molecule has 24 heavy (non-hydrogen) atoms. The van der Waals surface area contributed by atoms with Gasteiger partial charge in [-0.05, 0) is 23.6 Å². The Morgan fingerprint density at radius 2 is 2.00 bits per heavy atom. The van der Waals surface area contributed by atoms with E-state index in [1.807, 2.05) is 24.6 Å². The summed E-state index contributed by atoms with van der Waals surface area (Å²) in [7, 11) is 1.83. The highest BCUT2D eigenvalue weighted by Gasteiger charge is 2.25. The van der Waals surface area contributed by atoms with Gasteiger partial charge < -0.3 is 14.2 Å². The van der Waals surface area contributed by atoms with Crippen molar-refractivity contribution in [3.63, 3.8) is 0 Å². The molecule has 0 aliphatic carbocycles. The monoisotopic (exact) mass is 347 g/mol. The molecule has 0 unspecified atom stereocenters. The number of hydrogen-bond donors (Lipinski definition) is 0. The fourth-order valence-corrected chi connectivity index (χ4v) is 3.46. The van der Waals surface area contributed by atoms with Crippen molar-refractivity contribution in [1.29, 1.82) is 0 Å². The van der Waals surface area contributed by atoms with Crippen LogP contribution in [-0.2, 0) is 11.3 Å². The molecule has 0 N–H and O–H groups in total. The largest absolute Gasteiger partial charge is 0.459 e. The van der Waals surface area contributed by atoms with Crippen LogP contribution in [0.1, 0.15) is 15.4 Å². The molecule has 128 valence electrons. The van der Waals surface area contributed by atoms with Gasteiger partial charge in [-0.3, -0.25) is 14.5 Å². The SMILES string of the molecule is CN(Cc1cccs1)C(=O)CN1CCN(C(=O)c2ccco2)CC1. The lowest BCUT2D eigenvalue weighted by Crippen LogP contribution is -2.51. The van der Waals surface area contributed by atoms with Crippen molar-refractivity contribution in [3.05, 3.63) is 46.5 Å². The molecule has 3 heterocycles. The average molecular weight is 347 g/mol. The molecule has 0 spiro atoms. The maximum atomic E-state index is 12.3. The molecular weight excluding hydrogens is 326 g/mol. The molecule has 0 saturated carbocycles. The summed E-state index contributed by atoms with van der Waals surface area (Å²) in [5.41, 5.74) is 0. The molecule has 1 saturated heterocycles. The van der Waals surface area contributed by atoms with Crippen LogP contribution in [0.3, 0.4) is 0 Å². The van der Waals surface area contributed by atoms with Crippen molar-refractivity contribution in [3.8, 4) is 0 Å². The first-order valence-electron chi connectivity index (χ1n) is 7.95. The number of carbonyl (C=O) groups excluding carboxylic acids is 2. The van der Waals surface area contributed by atoms with Gasteiger partial charge in [0.15, 0.2) is 5.76 Å². The number of rotatable bonds is 5. The number of thiophene rings is 1. The molecule has 2 aromatic rings. The summed E-state index contributed by atoms with van der Waals surface area (Å²) in [5.74, 6) is 0.394. The predicted molar refractivity (Wildman–Crippen MR) is 91.8 cm³/mol.